The van der Waals surface area contributed by atoms with Gasteiger partial charge in [0.05, 0.1) is 12.0 Å². The van der Waals surface area contributed by atoms with Gasteiger partial charge in [0, 0.05) is 19.1 Å². The van der Waals surface area contributed by atoms with E-state index in [4.69, 9.17) is 5.26 Å². The molecule has 2 atom stereocenters. The van der Waals surface area contributed by atoms with E-state index >= 15 is 0 Å². The number of rotatable bonds is 4. The molecule has 0 N–H and O–H groups in total. The van der Waals surface area contributed by atoms with E-state index in [1.165, 1.54) is 45.3 Å². The fraction of sp³-hybridized carbons (Fsp3) is 0.929. The van der Waals surface area contributed by atoms with Crippen LogP contribution in [0.15, 0.2) is 0 Å². The Labute approximate surface area is 105 Å². The van der Waals surface area contributed by atoms with Gasteiger partial charge in [0.2, 0.25) is 0 Å². The summed E-state index contributed by atoms with van der Waals surface area (Å²) in [6.07, 6.45) is 6.37. The molecule has 2 aliphatic heterocycles. The molecule has 96 valence electrons. The normalized spacial score (nSPS) is 31.5. The monoisotopic (exact) mass is 235 g/mol. The van der Waals surface area contributed by atoms with Crippen LogP contribution in [0.5, 0.6) is 0 Å². The van der Waals surface area contributed by atoms with E-state index in [9.17, 15) is 0 Å². The SMILES string of the molecule is CCCCN1CCCC(N2CCC(C#N)C2)C1. The third kappa shape index (κ3) is 3.43. The zero-order valence-corrected chi connectivity index (χ0v) is 11.1. The number of nitriles is 1. The topological polar surface area (TPSA) is 30.3 Å². The summed E-state index contributed by atoms with van der Waals surface area (Å²) >= 11 is 0. The minimum Gasteiger partial charge on any atom is -0.302 e. The Morgan fingerprint density at radius 1 is 1.24 bits per heavy atom. The number of hydrogen-bond acceptors (Lipinski definition) is 3. The molecule has 2 rings (SSSR count). The summed E-state index contributed by atoms with van der Waals surface area (Å²) < 4.78 is 0. The lowest BCUT2D eigenvalue weighted by atomic mass is 10.0. The highest BCUT2D eigenvalue weighted by atomic mass is 15.2. The Morgan fingerprint density at radius 2 is 2.12 bits per heavy atom. The lowest BCUT2D eigenvalue weighted by Gasteiger charge is -2.37. The fourth-order valence-corrected chi connectivity index (χ4v) is 3.14. The van der Waals surface area contributed by atoms with Gasteiger partial charge in [-0.05, 0) is 45.3 Å². The second-order valence-corrected chi connectivity index (χ2v) is 5.56. The Balaban J connectivity index is 1.79. The second-order valence-electron chi connectivity index (χ2n) is 5.56. The number of unbranched alkanes of at least 4 members (excludes halogenated alkanes) is 1. The predicted octanol–water partition coefficient (Wildman–Crippen LogP) is 2.10. The molecule has 0 amide bonds. The first kappa shape index (κ1) is 12.9. The lowest BCUT2D eigenvalue weighted by Crippen LogP contribution is -2.47. The standard InChI is InChI=1S/C14H25N3/c1-2-3-7-16-8-4-5-14(12-16)17-9-6-13(10-15)11-17/h13-14H,2-9,11-12H2,1H3. The molecule has 17 heavy (non-hydrogen) atoms. The molecule has 3 heteroatoms. The molecule has 0 bridgehead atoms. The molecular formula is C14H25N3. The van der Waals surface area contributed by atoms with Crippen molar-refractivity contribution in [2.75, 3.05) is 32.7 Å². The van der Waals surface area contributed by atoms with Crippen molar-refractivity contribution in [1.82, 2.24) is 9.80 Å². The molecule has 2 saturated heterocycles. The summed E-state index contributed by atoms with van der Waals surface area (Å²) in [4.78, 5) is 5.18. The van der Waals surface area contributed by atoms with E-state index in [2.05, 4.69) is 22.8 Å². The molecule has 0 aromatic rings. The van der Waals surface area contributed by atoms with Crippen molar-refractivity contribution < 1.29 is 0 Å². The molecule has 0 radical (unpaired) electrons. The molecule has 2 heterocycles. The van der Waals surface area contributed by atoms with Crippen LogP contribution < -0.4 is 0 Å². The lowest BCUT2D eigenvalue weighted by molar-refractivity contribution is 0.113. The smallest absolute Gasteiger partial charge is 0.0669 e. The van der Waals surface area contributed by atoms with Gasteiger partial charge < -0.3 is 4.90 Å². The van der Waals surface area contributed by atoms with Gasteiger partial charge in [0.1, 0.15) is 0 Å². The van der Waals surface area contributed by atoms with Crippen LogP contribution in [0.25, 0.3) is 0 Å². The molecule has 0 spiro atoms. The van der Waals surface area contributed by atoms with Crippen molar-refractivity contribution >= 4 is 0 Å². The summed E-state index contributed by atoms with van der Waals surface area (Å²) in [5, 5.41) is 8.96. The van der Waals surface area contributed by atoms with Crippen LogP contribution in [0, 0.1) is 17.2 Å². The number of piperidine rings is 1. The molecule has 0 aliphatic carbocycles. The van der Waals surface area contributed by atoms with Crippen LogP contribution in [-0.4, -0.2) is 48.6 Å². The van der Waals surface area contributed by atoms with Gasteiger partial charge in [-0.3, -0.25) is 4.90 Å². The third-order valence-corrected chi connectivity index (χ3v) is 4.23. The maximum atomic E-state index is 8.96. The zero-order valence-electron chi connectivity index (χ0n) is 11.1. The van der Waals surface area contributed by atoms with Crippen molar-refractivity contribution in [3.05, 3.63) is 0 Å². The summed E-state index contributed by atoms with van der Waals surface area (Å²) in [6, 6.07) is 3.14. The Kier molecular flexibility index (Phi) is 4.82. The minimum atomic E-state index is 0.293. The van der Waals surface area contributed by atoms with E-state index in [-0.39, 0.29) is 0 Å². The van der Waals surface area contributed by atoms with Gasteiger partial charge in [0.15, 0.2) is 0 Å². The van der Waals surface area contributed by atoms with E-state index in [1.807, 2.05) is 0 Å². The van der Waals surface area contributed by atoms with E-state index in [0.717, 1.165) is 25.6 Å². The molecule has 0 aromatic heterocycles. The van der Waals surface area contributed by atoms with Gasteiger partial charge >= 0.3 is 0 Å². The summed E-state index contributed by atoms with van der Waals surface area (Å²) in [5.74, 6) is 0.293. The highest BCUT2D eigenvalue weighted by Crippen LogP contribution is 2.23. The van der Waals surface area contributed by atoms with Crippen LogP contribution in [0.1, 0.15) is 39.0 Å². The Bertz CT molecular complexity index is 271. The van der Waals surface area contributed by atoms with Crippen LogP contribution in [0.2, 0.25) is 0 Å². The first-order valence-electron chi connectivity index (χ1n) is 7.19. The zero-order chi connectivity index (χ0) is 12.1. The van der Waals surface area contributed by atoms with Crippen molar-refractivity contribution in [2.24, 2.45) is 5.92 Å². The van der Waals surface area contributed by atoms with Gasteiger partial charge in [-0.1, -0.05) is 13.3 Å². The highest BCUT2D eigenvalue weighted by molar-refractivity contribution is 4.94. The molecule has 0 aromatic carbocycles. The minimum absolute atomic E-state index is 0.293. The summed E-state index contributed by atoms with van der Waals surface area (Å²) in [7, 11) is 0. The highest BCUT2D eigenvalue weighted by Gasteiger charge is 2.30. The molecular weight excluding hydrogens is 210 g/mol. The first-order chi connectivity index (χ1) is 8.33. The Hall–Kier alpha value is -0.590. The molecule has 2 aliphatic rings. The number of nitrogens with zero attached hydrogens (tertiary/aromatic N) is 3. The second kappa shape index (κ2) is 6.37. The van der Waals surface area contributed by atoms with Crippen LogP contribution >= 0.6 is 0 Å². The van der Waals surface area contributed by atoms with E-state index < -0.39 is 0 Å². The number of hydrogen-bond donors (Lipinski definition) is 0. The predicted molar refractivity (Wildman–Crippen MR) is 69.7 cm³/mol. The van der Waals surface area contributed by atoms with Crippen LogP contribution in [0.3, 0.4) is 0 Å². The third-order valence-electron chi connectivity index (χ3n) is 4.23. The van der Waals surface area contributed by atoms with Crippen molar-refractivity contribution in [3.8, 4) is 6.07 Å². The fourth-order valence-electron chi connectivity index (χ4n) is 3.14. The molecule has 3 nitrogen and oxygen atoms in total. The Morgan fingerprint density at radius 3 is 2.82 bits per heavy atom. The van der Waals surface area contributed by atoms with Gasteiger partial charge in [-0.25, -0.2) is 0 Å². The van der Waals surface area contributed by atoms with Crippen molar-refractivity contribution in [3.63, 3.8) is 0 Å². The molecule has 2 fully saturated rings. The first-order valence-corrected chi connectivity index (χ1v) is 7.19. The van der Waals surface area contributed by atoms with Gasteiger partial charge in [0.25, 0.3) is 0 Å². The maximum absolute atomic E-state index is 8.96. The average Bonchev–Trinajstić information content (AvgIpc) is 2.85. The number of likely N-dealkylation sites (tertiary alicyclic amines) is 2. The molecule has 0 saturated carbocycles. The van der Waals surface area contributed by atoms with Gasteiger partial charge in [-0.2, -0.15) is 5.26 Å². The quantitative estimate of drug-likeness (QED) is 0.747. The van der Waals surface area contributed by atoms with E-state index in [1.54, 1.807) is 0 Å². The van der Waals surface area contributed by atoms with Crippen LogP contribution in [-0.2, 0) is 0 Å². The van der Waals surface area contributed by atoms with Crippen molar-refractivity contribution in [2.45, 2.75) is 45.1 Å². The average molecular weight is 235 g/mol. The van der Waals surface area contributed by atoms with Crippen LogP contribution in [0.4, 0.5) is 0 Å². The summed E-state index contributed by atoms with van der Waals surface area (Å²) in [6.45, 7) is 8.21. The van der Waals surface area contributed by atoms with Gasteiger partial charge in [-0.15, -0.1) is 0 Å². The van der Waals surface area contributed by atoms with Crippen molar-refractivity contribution in [1.29, 1.82) is 5.26 Å². The maximum Gasteiger partial charge on any atom is 0.0669 e. The summed E-state index contributed by atoms with van der Waals surface area (Å²) in [5.41, 5.74) is 0. The molecule has 2 unspecified atom stereocenters. The van der Waals surface area contributed by atoms with E-state index in [0.29, 0.717) is 5.92 Å². The largest absolute Gasteiger partial charge is 0.302 e.